The Kier molecular flexibility index (Phi) is 3.54. The highest BCUT2D eigenvalue weighted by molar-refractivity contribution is 5.50. The Morgan fingerprint density at radius 1 is 1.13 bits per heavy atom. The van der Waals surface area contributed by atoms with Gasteiger partial charge in [0.15, 0.2) is 0 Å². The maximum atomic E-state index is 5.98. The SMILES string of the molecule is Cc1cccc(N2CCCc3nc(-c4ncccn4)oc3C2)c1. The molecule has 5 heteroatoms. The lowest BCUT2D eigenvalue weighted by molar-refractivity contribution is 0.508. The minimum absolute atomic E-state index is 0.515. The number of hydrogen-bond donors (Lipinski definition) is 0. The van der Waals surface area contributed by atoms with Gasteiger partial charge >= 0.3 is 0 Å². The second kappa shape index (κ2) is 5.83. The van der Waals surface area contributed by atoms with Gasteiger partial charge in [-0.25, -0.2) is 15.0 Å². The first-order chi connectivity index (χ1) is 11.3. The second-order valence-electron chi connectivity index (χ2n) is 5.83. The predicted molar refractivity (Wildman–Crippen MR) is 88.1 cm³/mol. The van der Waals surface area contributed by atoms with Gasteiger partial charge in [-0.15, -0.1) is 0 Å². The van der Waals surface area contributed by atoms with Crippen molar-refractivity contribution in [1.82, 2.24) is 15.0 Å². The summed E-state index contributed by atoms with van der Waals surface area (Å²) in [5.74, 6) is 1.98. The number of rotatable bonds is 2. The maximum Gasteiger partial charge on any atom is 0.265 e. The van der Waals surface area contributed by atoms with Crippen LogP contribution in [0.25, 0.3) is 11.7 Å². The Bertz CT molecular complexity index is 813. The van der Waals surface area contributed by atoms with Crippen LogP contribution in [0, 0.1) is 6.92 Å². The summed E-state index contributed by atoms with van der Waals surface area (Å²) in [6, 6.07) is 10.4. The fourth-order valence-electron chi connectivity index (χ4n) is 2.94. The summed E-state index contributed by atoms with van der Waals surface area (Å²) in [5, 5.41) is 0. The first-order valence-electron chi connectivity index (χ1n) is 7.87. The third-order valence-corrected chi connectivity index (χ3v) is 4.08. The van der Waals surface area contributed by atoms with Gasteiger partial charge in [0.25, 0.3) is 5.89 Å². The van der Waals surface area contributed by atoms with Crippen LogP contribution in [-0.2, 0) is 13.0 Å². The smallest absolute Gasteiger partial charge is 0.265 e. The largest absolute Gasteiger partial charge is 0.437 e. The van der Waals surface area contributed by atoms with Crippen LogP contribution in [0.3, 0.4) is 0 Å². The van der Waals surface area contributed by atoms with Gasteiger partial charge in [0.1, 0.15) is 5.76 Å². The number of aryl methyl sites for hydroxylation is 2. The molecule has 1 aliphatic heterocycles. The van der Waals surface area contributed by atoms with Crippen LogP contribution in [-0.4, -0.2) is 21.5 Å². The van der Waals surface area contributed by atoms with Gasteiger partial charge in [0.2, 0.25) is 5.82 Å². The highest BCUT2D eigenvalue weighted by Gasteiger charge is 2.22. The van der Waals surface area contributed by atoms with E-state index >= 15 is 0 Å². The zero-order valence-electron chi connectivity index (χ0n) is 13.1. The fourth-order valence-corrected chi connectivity index (χ4v) is 2.94. The maximum absolute atomic E-state index is 5.98. The normalized spacial score (nSPS) is 14.4. The van der Waals surface area contributed by atoms with Gasteiger partial charge in [-0.2, -0.15) is 0 Å². The highest BCUT2D eigenvalue weighted by atomic mass is 16.4. The average Bonchev–Trinajstić information content (AvgIpc) is 2.87. The molecule has 5 nitrogen and oxygen atoms in total. The van der Waals surface area contributed by atoms with Crippen LogP contribution in [0.2, 0.25) is 0 Å². The van der Waals surface area contributed by atoms with E-state index in [4.69, 9.17) is 4.42 Å². The lowest BCUT2D eigenvalue weighted by Gasteiger charge is -2.22. The summed E-state index contributed by atoms with van der Waals surface area (Å²) in [5.41, 5.74) is 3.53. The summed E-state index contributed by atoms with van der Waals surface area (Å²) in [4.78, 5) is 15.4. The van der Waals surface area contributed by atoms with Gasteiger partial charge in [0, 0.05) is 24.6 Å². The number of nitrogens with zero attached hydrogens (tertiary/aromatic N) is 4. The van der Waals surface area contributed by atoms with Crippen molar-refractivity contribution in [2.24, 2.45) is 0 Å². The monoisotopic (exact) mass is 306 g/mol. The first-order valence-corrected chi connectivity index (χ1v) is 7.87. The van der Waals surface area contributed by atoms with E-state index in [1.807, 2.05) is 0 Å². The van der Waals surface area contributed by atoms with Crippen molar-refractivity contribution in [3.63, 3.8) is 0 Å². The lowest BCUT2D eigenvalue weighted by atomic mass is 10.2. The number of benzene rings is 1. The second-order valence-corrected chi connectivity index (χ2v) is 5.83. The van der Waals surface area contributed by atoms with Crippen LogP contribution in [0.1, 0.15) is 23.4 Å². The topological polar surface area (TPSA) is 55.1 Å². The van der Waals surface area contributed by atoms with Crippen molar-refractivity contribution in [3.8, 4) is 11.7 Å². The number of oxazole rings is 1. The quantitative estimate of drug-likeness (QED) is 0.726. The molecule has 3 heterocycles. The van der Waals surface area contributed by atoms with Gasteiger partial charge in [-0.3, -0.25) is 0 Å². The third-order valence-electron chi connectivity index (χ3n) is 4.08. The minimum Gasteiger partial charge on any atom is -0.437 e. The number of hydrogen-bond acceptors (Lipinski definition) is 5. The molecule has 4 rings (SSSR count). The van der Waals surface area contributed by atoms with Crippen molar-refractivity contribution in [3.05, 3.63) is 59.7 Å². The van der Waals surface area contributed by atoms with Crippen molar-refractivity contribution in [2.75, 3.05) is 11.4 Å². The molecule has 23 heavy (non-hydrogen) atoms. The van der Waals surface area contributed by atoms with E-state index in [1.54, 1.807) is 18.5 Å². The van der Waals surface area contributed by atoms with Crippen LogP contribution in [0.15, 0.2) is 47.1 Å². The molecule has 1 aliphatic rings. The van der Waals surface area contributed by atoms with E-state index < -0.39 is 0 Å². The van der Waals surface area contributed by atoms with E-state index in [-0.39, 0.29) is 0 Å². The summed E-state index contributed by atoms with van der Waals surface area (Å²) in [6.45, 7) is 3.86. The van der Waals surface area contributed by atoms with E-state index in [0.717, 1.165) is 37.4 Å². The molecular formula is C18H18N4O. The van der Waals surface area contributed by atoms with Gasteiger partial charge in [0.05, 0.1) is 12.2 Å². The Morgan fingerprint density at radius 2 is 2.00 bits per heavy atom. The van der Waals surface area contributed by atoms with E-state index in [9.17, 15) is 0 Å². The average molecular weight is 306 g/mol. The first kappa shape index (κ1) is 13.9. The lowest BCUT2D eigenvalue weighted by Crippen LogP contribution is -2.22. The molecule has 0 radical (unpaired) electrons. The van der Waals surface area contributed by atoms with E-state index in [1.165, 1.54) is 11.3 Å². The van der Waals surface area contributed by atoms with Gasteiger partial charge in [-0.1, -0.05) is 12.1 Å². The molecule has 0 saturated heterocycles. The van der Waals surface area contributed by atoms with Crippen molar-refractivity contribution in [1.29, 1.82) is 0 Å². The number of aromatic nitrogens is 3. The molecule has 0 unspecified atom stereocenters. The fraction of sp³-hybridized carbons (Fsp3) is 0.278. The van der Waals surface area contributed by atoms with Crippen LogP contribution < -0.4 is 4.90 Å². The standard InChI is InChI=1S/C18H18N4O/c1-13-5-2-6-14(11-13)22-10-3-7-15-16(12-22)23-18(21-15)17-19-8-4-9-20-17/h2,4-6,8-9,11H,3,7,10,12H2,1H3. The molecule has 1 aromatic carbocycles. The van der Waals surface area contributed by atoms with Gasteiger partial charge < -0.3 is 9.32 Å². The Labute approximate surface area is 135 Å². The summed E-state index contributed by atoms with van der Waals surface area (Å²) in [7, 11) is 0. The van der Waals surface area contributed by atoms with Crippen molar-refractivity contribution >= 4 is 5.69 Å². The molecule has 0 N–H and O–H groups in total. The molecule has 3 aromatic rings. The summed E-state index contributed by atoms with van der Waals surface area (Å²) < 4.78 is 5.98. The highest BCUT2D eigenvalue weighted by Crippen LogP contribution is 2.27. The molecule has 2 aromatic heterocycles. The molecule has 0 amide bonds. The molecule has 0 spiro atoms. The molecule has 116 valence electrons. The molecule has 0 bridgehead atoms. The van der Waals surface area contributed by atoms with Crippen LogP contribution >= 0.6 is 0 Å². The molecule has 0 saturated carbocycles. The van der Waals surface area contributed by atoms with Crippen LogP contribution in [0.5, 0.6) is 0 Å². The van der Waals surface area contributed by atoms with Crippen molar-refractivity contribution in [2.45, 2.75) is 26.3 Å². The van der Waals surface area contributed by atoms with Gasteiger partial charge in [-0.05, 0) is 43.5 Å². The van der Waals surface area contributed by atoms with E-state index in [0.29, 0.717) is 11.7 Å². The van der Waals surface area contributed by atoms with Crippen molar-refractivity contribution < 1.29 is 4.42 Å². The summed E-state index contributed by atoms with van der Waals surface area (Å²) in [6.07, 6.45) is 5.39. The molecular weight excluding hydrogens is 288 g/mol. The summed E-state index contributed by atoms with van der Waals surface area (Å²) >= 11 is 0. The zero-order valence-corrected chi connectivity index (χ0v) is 13.1. The number of fused-ring (bicyclic) bond motifs is 1. The Hall–Kier alpha value is -2.69. The third kappa shape index (κ3) is 2.82. The molecule has 0 fully saturated rings. The predicted octanol–water partition coefficient (Wildman–Crippen LogP) is 3.39. The zero-order chi connectivity index (χ0) is 15.6. The Balaban J connectivity index is 1.65. The van der Waals surface area contributed by atoms with Crippen LogP contribution in [0.4, 0.5) is 5.69 Å². The molecule has 0 aliphatic carbocycles. The minimum atomic E-state index is 0.515. The molecule has 0 atom stereocenters. The van der Waals surface area contributed by atoms with E-state index in [2.05, 4.69) is 51.0 Å². The number of anilines is 1. The Morgan fingerprint density at radius 3 is 2.83 bits per heavy atom.